The second kappa shape index (κ2) is 9.78. The Morgan fingerprint density at radius 1 is 1.14 bits per heavy atom. The fourth-order valence-electron chi connectivity index (χ4n) is 4.52. The fourth-order valence-corrected chi connectivity index (χ4v) is 4.52. The third-order valence-corrected chi connectivity index (χ3v) is 6.41. The van der Waals surface area contributed by atoms with Crippen molar-refractivity contribution < 1.29 is 4.79 Å². The van der Waals surface area contributed by atoms with Crippen LogP contribution in [-0.4, -0.2) is 62.9 Å². The third kappa shape index (κ3) is 4.99. The van der Waals surface area contributed by atoms with Crippen LogP contribution in [0.25, 0.3) is 10.9 Å². The van der Waals surface area contributed by atoms with E-state index in [4.69, 9.17) is 16.4 Å². The summed E-state index contributed by atoms with van der Waals surface area (Å²) in [6.07, 6.45) is 12.1. The average Bonchev–Trinajstić information content (AvgIpc) is 3.49. The van der Waals surface area contributed by atoms with Crippen LogP contribution in [0.5, 0.6) is 0 Å². The van der Waals surface area contributed by atoms with E-state index in [0.29, 0.717) is 37.7 Å². The lowest BCUT2D eigenvalue weighted by Gasteiger charge is -2.40. The molecule has 3 aromatic heterocycles. The van der Waals surface area contributed by atoms with Crippen molar-refractivity contribution >= 4 is 40.2 Å². The Bertz CT molecular complexity index is 1250. The topological polar surface area (TPSA) is 104 Å². The largest absolute Gasteiger partial charge is 0.356 e. The zero-order valence-electron chi connectivity index (χ0n) is 20.2. The summed E-state index contributed by atoms with van der Waals surface area (Å²) in [5.74, 6) is 5.43. The van der Waals surface area contributed by atoms with Crippen molar-refractivity contribution in [2.45, 2.75) is 51.6 Å². The van der Waals surface area contributed by atoms with Crippen molar-refractivity contribution in [2.75, 3.05) is 41.3 Å². The van der Waals surface area contributed by atoms with Crippen LogP contribution in [0.2, 0.25) is 0 Å². The summed E-state index contributed by atoms with van der Waals surface area (Å²) in [5.41, 5.74) is 1.01. The highest BCUT2D eigenvalue weighted by Gasteiger charge is 2.30. The molecular formula is C25H31N9O. The van der Waals surface area contributed by atoms with Gasteiger partial charge in [0.05, 0.1) is 17.8 Å². The molecule has 5 heterocycles. The number of pyridine rings is 1. The fraction of sp³-hybridized carbons (Fsp3) is 0.480. The zero-order valence-corrected chi connectivity index (χ0v) is 20.2. The molecule has 0 spiro atoms. The van der Waals surface area contributed by atoms with Crippen LogP contribution in [0, 0.1) is 12.3 Å². The highest BCUT2D eigenvalue weighted by molar-refractivity contribution is 5.81. The van der Waals surface area contributed by atoms with E-state index < -0.39 is 0 Å². The van der Waals surface area contributed by atoms with Crippen molar-refractivity contribution in [3.8, 4) is 12.3 Å². The number of fused-ring (bicyclic) bond motifs is 1. The molecule has 0 saturated carbocycles. The molecule has 0 radical (unpaired) electrons. The van der Waals surface area contributed by atoms with Gasteiger partial charge in [-0.25, -0.2) is 4.98 Å². The van der Waals surface area contributed by atoms with Gasteiger partial charge in [-0.1, -0.05) is 0 Å². The van der Waals surface area contributed by atoms with Crippen LogP contribution >= 0.6 is 0 Å². The van der Waals surface area contributed by atoms with Crippen molar-refractivity contribution in [2.24, 2.45) is 0 Å². The Labute approximate surface area is 205 Å². The lowest BCUT2D eigenvalue weighted by atomic mass is 10.1. The highest BCUT2D eigenvalue weighted by Crippen LogP contribution is 2.28. The molecule has 35 heavy (non-hydrogen) atoms. The number of anilines is 4. The maximum absolute atomic E-state index is 12.0. The molecule has 0 aliphatic carbocycles. The van der Waals surface area contributed by atoms with Gasteiger partial charge in [-0.2, -0.15) is 15.1 Å². The Morgan fingerprint density at radius 3 is 2.60 bits per heavy atom. The summed E-state index contributed by atoms with van der Waals surface area (Å²) < 4.78 is 1.98. The second-order valence-corrected chi connectivity index (χ2v) is 9.41. The molecule has 2 aliphatic heterocycles. The van der Waals surface area contributed by atoms with Gasteiger partial charge in [0.2, 0.25) is 11.9 Å². The second-order valence-electron chi connectivity index (χ2n) is 9.41. The molecule has 10 heteroatoms. The van der Waals surface area contributed by atoms with Gasteiger partial charge in [-0.05, 0) is 26.7 Å². The minimum absolute atomic E-state index is 0.00231. The van der Waals surface area contributed by atoms with Gasteiger partial charge < -0.3 is 20.4 Å². The van der Waals surface area contributed by atoms with Gasteiger partial charge in [0.25, 0.3) is 0 Å². The predicted octanol–water partition coefficient (Wildman–Crippen LogP) is 2.86. The first kappa shape index (κ1) is 22.9. The van der Waals surface area contributed by atoms with Crippen LogP contribution in [0.4, 0.5) is 23.4 Å². The smallest absolute Gasteiger partial charge is 0.232 e. The molecule has 2 aliphatic rings. The van der Waals surface area contributed by atoms with Gasteiger partial charge in [0.15, 0.2) is 0 Å². The third-order valence-electron chi connectivity index (χ3n) is 6.41. The Hall–Kier alpha value is -3.87. The Morgan fingerprint density at radius 2 is 1.89 bits per heavy atom. The standard InChI is InChI=1S/C25H31N9O/c1-4-5-8-24(35)28-19-15-33(16-19)23-12-22(32-9-6-7-10-32)30-25(31-23)29-21-11-20-18(13-26-21)14-27-34(20)17(2)3/h1,11-14,17,19H,5-10,15-16H2,2-3H3,(H,28,35)(H,26,29,30,31). The lowest BCUT2D eigenvalue weighted by Crippen LogP contribution is -2.59. The summed E-state index contributed by atoms with van der Waals surface area (Å²) >= 11 is 0. The van der Waals surface area contributed by atoms with E-state index in [1.165, 1.54) is 0 Å². The number of nitrogens with one attached hydrogen (secondary N) is 2. The lowest BCUT2D eigenvalue weighted by molar-refractivity contribution is -0.121. The number of terminal acetylenes is 1. The Kier molecular flexibility index (Phi) is 6.40. The minimum atomic E-state index is -0.00231. The summed E-state index contributed by atoms with van der Waals surface area (Å²) in [4.78, 5) is 30.6. The van der Waals surface area contributed by atoms with E-state index in [9.17, 15) is 4.79 Å². The first-order valence-corrected chi connectivity index (χ1v) is 12.2. The van der Waals surface area contributed by atoms with E-state index in [1.54, 1.807) is 0 Å². The van der Waals surface area contributed by atoms with Crippen LogP contribution in [0.3, 0.4) is 0 Å². The van der Waals surface area contributed by atoms with Gasteiger partial charge in [0.1, 0.15) is 17.5 Å². The summed E-state index contributed by atoms with van der Waals surface area (Å²) in [6.45, 7) is 7.59. The summed E-state index contributed by atoms with van der Waals surface area (Å²) in [7, 11) is 0. The number of carbonyl (C=O) groups excluding carboxylic acids is 1. The molecule has 0 unspecified atom stereocenters. The minimum Gasteiger partial charge on any atom is -0.356 e. The monoisotopic (exact) mass is 473 g/mol. The van der Waals surface area contributed by atoms with Crippen molar-refractivity contribution in [1.82, 2.24) is 30.0 Å². The van der Waals surface area contributed by atoms with Crippen LogP contribution in [-0.2, 0) is 4.79 Å². The number of hydrogen-bond donors (Lipinski definition) is 2. The molecule has 2 fully saturated rings. The molecular weight excluding hydrogens is 442 g/mol. The van der Waals surface area contributed by atoms with Crippen LogP contribution < -0.4 is 20.4 Å². The first-order valence-electron chi connectivity index (χ1n) is 12.2. The zero-order chi connectivity index (χ0) is 24.4. The van der Waals surface area contributed by atoms with Gasteiger partial charge >= 0.3 is 0 Å². The number of hydrogen-bond acceptors (Lipinski definition) is 8. The van der Waals surface area contributed by atoms with Gasteiger partial charge in [0, 0.05) is 68.8 Å². The predicted molar refractivity (Wildman–Crippen MR) is 137 cm³/mol. The van der Waals surface area contributed by atoms with Crippen molar-refractivity contribution in [3.63, 3.8) is 0 Å². The average molecular weight is 474 g/mol. The maximum atomic E-state index is 12.0. The molecule has 1 amide bonds. The quantitative estimate of drug-likeness (QED) is 0.482. The van der Waals surface area contributed by atoms with E-state index in [1.807, 2.05) is 29.2 Å². The van der Waals surface area contributed by atoms with Crippen LogP contribution in [0.15, 0.2) is 24.5 Å². The van der Waals surface area contributed by atoms with E-state index >= 15 is 0 Å². The van der Waals surface area contributed by atoms with E-state index in [2.05, 4.69) is 50.3 Å². The molecule has 10 nitrogen and oxygen atoms in total. The molecule has 0 atom stereocenters. The number of rotatable bonds is 8. The number of amides is 1. The van der Waals surface area contributed by atoms with E-state index in [-0.39, 0.29) is 18.0 Å². The number of aromatic nitrogens is 5. The Balaban J connectivity index is 1.35. The highest BCUT2D eigenvalue weighted by atomic mass is 16.1. The SMILES string of the molecule is C#CCCC(=O)NC1CN(c2cc(N3CCCC3)nc(Nc3cc4c(cn3)cnn4C(C)C)n2)C1. The molecule has 3 aromatic rings. The molecule has 0 bridgehead atoms. The molecule has 2 N–H and O–H groups in total. The first-order chi connectivity index (χ1) is 17.0. The molecule has 5 rings (SSSR count). The van der Waals surface area contributed by atoms with Crippen molar-refractivity contribution in [1.29, 1.82) is 0 Å². The molecule has 2 saturated heterocycles. The van der Waals surface area contributed by atoms with Gasteiger partial charge in [-0.15, -0.1) is 12.3 Å². The summed E-state index contributed by atoms with van der Waals surface area (Å²) in [6, 6.07) is 4.37. The maximum Gasteiger partial charge on any atom is 0.232 e. The normalized spacial score (nSPS) is 15.9. The molecule has 0 aromatic carbocycles. The van der Waals surface area contributed by atoms with Crippen LogP contribution in [0.1, 0.15) is 45.6 Å². The van der Waals surface area contributed by atoms with Gasteiger partial charge in [-0.3, -0.25) is 9.48 Å². The van der Waals surface area contributed by atoms with E-state index in [0.717, 1.165) is 48.5 Å². The number of carbonyl (C=O) groups is 1. The summed E-state index contributed by atoms with van der Waals surface area (Å²) in [5, 5.41) is 11.8. The van der Waals surface area contributed by atoms with Crippen molar-refractivity contribution in [3.05, 3.63) is 24.5 Å². The number of nitrogens with zero attached hydrogens (tertiary/aromatic N) is 7. The molecule has 182 valence electrons.